The van der Waals surface area contributed by atoms with Crippen molar-refractivity contribution >= 4 is 33.0 Å². The van der Waals surface area contributed by atoms with Crippen LogP contribution in [0.1, 0.15) is 35.9 Å². The van der Waals surface area contributed by atoms with E-state index < -0.39 is 0 Å². The predicted octanol–water partition coefficient (Wildman–Crippen LogP) is 6.45. The van der Waals surface area contributed by atoms with Gasteiger partial charge in [0.2, 0.25) is 0 Å². The quantitative estimate of drug-likeness (QED) is 0.164. The normalized spacial score (nSPS) is 11.2. The molecule has 0 saturated heterocycles. The number of hydrogen-bond donors (Lipinski definition) is 0. The van der Waals surface area contributed by atoms with Gasteiger partial charge in [0.25, 0.3) is 5.56 Å². The molecule has 0 amide bonds. The third kappa shape index (κ3) is 5.97. The van der Waals surface area contributed by atoms with Gasteiger partial charge >= 0.3 is 0 Å². The zero-order chi connectivity index (χ0) is 26.4. The summed E-state index contributed by atoms with van der Waals surface area (Å²) in [5, 5.41) is 5.00. The van der Waals surface area contributed by atoms with Gasteiger partial charge in [-0.2, -0.15) is 9.78 Å². The van der Waals surface area contributed by atoms with Crippen LogP contribution in [0.5, 0.6) is 11.5 Å². The molecule has 8 heteroatoms. The highest BCUT2D eigenvalue weighted by Gasteiger charge is 2.15. The molecule has 0 radical (unpaired) electrons. The molecule has 0 fully saturated rings. The Kier molecular flexibility index (Phi) is 8.50. The molecule has 3 aromatic carbocycles. The lowest BCUT2D eigenvalue weighted by atomic mass is 10.1. The van der Waals surface area contributed by atoms with Crippen LogP contribution < -0.4 is 15.0 Å². The van der Waals surface area contributed by atoms with E-state index in [1.54, 1.807) is 49.7 Å². The predicted molar refractivity (Wildman–Crippen MR) is 148 cm³/mol. The largest absolute Gasteiger partial charge is 0.493 e. The van der Waals surface area contributed by atoms with Crippen LogP contribution in [0.4, 0.5) is 4.39 Å². The molecule has 0 aliphatic heterocycles. The van der Waals surface area contributed by atoms with Crippen LogP contribution in [0.2, 0.25) is 0 Å². The second-order valence-corrected chi connectivity index (χ2v) is 9.30. The van der Waals surface area contributed by atoms with E-state index in [1.807, 2.05) is 25.1 Å². The molecule has 0 bridgehead atoms. The zero-order valence-electron chi connectivity index (χ0n) is 20.7. The number of rotatable bonds is 10. The molecule has 190 valence electrons. The molecule has 0 saturated carbocycles. The first-order chi connectivity index (χ1) is 17.9. The van der Waals surface area contributed by atoms with Crippen molar-refractivity contribution in [3.63, 3.8) is 0 Å². The van der Waals surface area contributed by atoms with E-state index in [2.05, 4.69) is 32.6 Å². The third-order valence-corrected chi connectivity index (χ3v) is 6.23. The van der Waals surface area contributed by atoms with Gasteiger partial charge in [0.15, 0.2) is 11.5 Å². The Hall–Kier alpha value is -3.78. The van der Waals surface area contributed by atoms with Crippen molar-refractivity contribution in [1.82, 2.24) is 9.66 Å². The lowest BCUT2D eigenvalue weighted by molar-refractivity contribution is 0.277. The van der Waals surface area contributed by atoms with Gasteiger partial charge in [-0.15, -0.1) is 6.58 Å². The van der Waals surface area contributed by atoms with Gasteiger partial charge in [0.1, 0.15) is 18.2 Å². The Bertz CT molecular complexity index is 1530. The van der Waals surface area contributed by atoms with Crippen LogP contribution in [-0.4, -0.2) is 23.0 Å². The number of benzene rings is 3. The highest BCUT2D eigenvalue weighted by Crippen LogP contribution is 2.34. The topological polar surface area (TPSA) is 65.7 Å². The minimum atomic E-state index is -0.333. The van der Waals surface area contributed by atoms with Crippen molar-refractivity contribution in [3.8, 4) is 11.5 Å². The summed E-state index contributed by atoms with van der Waals surface area (Å²) in [7, 11) is 1.54. The summed E-state index contributed by atoms with van der Waals surface area (Å²) in [4.78, 5) is 18.0. The van der Waals surface area contributed by atoms with Crippen LogP contribution in [0, 0.1) is 5.82 Å². The third-order valence-electron chi connectivity index (χ3n) is 5.74. The van der Waals surface area contributed by atoms with Crippen LogP contribution in [0.25, 0.3) is 10.9 Å². The number of aryl methyl sites for hydroxylation is 1. The number of hydrogen-bond acceptors (Lipinski definition) is 5. The molecular weight excluding hydrogens is 537 g/mol. The molecular formula is C29H27BrFN3O3. The molecule has 4 rings (SSSR count). The molecule has 4 aromatic rings. The minimum Gasteiger partial charge on any atom is -0.493 e. The summed E-state index contributed by atoms with van der Waals surface area (Å²) < 4.78 is 27.8. The van der Waals surface area contributed by atoms with Gasteiger partial charge in [0.05, 0.1) is 24.2 Å². The van der Waals surface area contributed by atoms with E-state index >= 15 is 0 Å². The Morgan fingerprint density at radius 1 is 1.16 bits per heavy atom. The Labute approximate surface area is 223 Å². The first-order valence-corrected chi connectivity index (χ1v) is 12.7. The Balaban J connectivity index is 1.73. The number of fused-ring (bicyclic) bond motifs is 1. The van der Waals surface area contributed by atoms with E-state index in [1.165, 1.54) is 10.7 Å². The molecule has 0 N–H and O–H groups in total. The fourth-order valence-corrected chi connectivity index (χ4v) is 4.33. The van der Waals surface area contributed by atoms with Crippen molar-refractivity contribution in [2.24, 2.45) is 5.10 Å². The van der Waals surface area contributed by atoms with Crippen LogP contribution in [0.3, 0.4) is 0 Å². The van der Waals surface area contributed by atoms with Gasteiger partial charge in [-0.3, -0.25) is 4.79 Å². The van der Waals surface area contributed by atoms with Crippen molar-refractivity contribution < 1.29 is 13.9 Å². The molecule has 0 unspecified atom stereocenters. The van der Waals surface area contributed by atoms with Crippen molar-refractivity contribution in [2.45, 2.75) is 32.8 Å². The maximum Gasteiger partial charge on any atom is 0.282 e. The summed E-state index contributed by atoms with van der Waals surface area (Å²) in [5.41, 5.74) is 2.34. The maximum atomic E-state index is 14.1. The minimum absolute atomic E-state index is 0.0503. The molecule has 37 heavy (non-hydrogen) atoms. The van der Waals surface area contributed by atoms with Crippen molar-refractivity contribution in [1.29, 1.82) is 0 Å². The highest BCUT2D eigenvalue weighted by atomic mass is 79.9. The molecule has 1 heterocycles. The first-order valence-electron chi connectivity index (χ1n) is 11.9. The van der Waals surface area contributed by atoms with Crippen molar-refractivity contribution in [2.75, 3.05) is 7.11 Å². The first kappa shape index (κ1) is 26.3. The van der Waals surface area contributed by atoms with Gasteiger partial charge in [0, 0.05) is 22.0 Å². The lowest BCUT2D eigenvalue weighted by Gasteiger charge is -2.16. The number of allylic oxidation sites excluding steroid dienone is 1. The monoisotopic (exact) mass is 563 g/mol. The number of nitrogens with zero attached hydrogens (tertiary/aromatic N) is 3. The zero-order valence-corrected chi connectivity index (χ0v) is 22.3. The molecule has 0 aliphatic rings. The SMILES string of the molecule is C=CCc1cc(C=Nn2c(CCC)nc3ccc(Br)cc3c2=O)cc(OC)c1OCc1ccccc1F. The van der Waals surface area contributed by atoms with Crippen LogP contribution in [0.15, 0.2) is 81.6 Å². The summed E-state index contributed by atoms with van der Waals surface area (Å²) in [6.07, 6.45) is 5.27. The summed E-state index contributed by atoms with van der Waals surface area (Å²) in [6, 6.07) is 15.6. The maximum absolute atomic E-state index is 14.1. The summed E-state index contributed by atoms with van der Waals surface area (Å²) in [5.74, 6) is 1.23. The van der Waals surface area contributed by atoms with Gasteiger partial charge < -0.3 is 9.47 Å². The summed E-state index contributed by atoms with van der Waals surface area (Å²) in [6.45, 7) is 5.92. The average molecular weight is 564 g/mol. The van der Waals surface area contributed by atoms with Gasteiger partial charge in [-0.1, -0.05) is 47.1 Å². The van der Waals surface area contributed by atoms with E-state index in [9.17, 15) is 9.18 Å². The Morgan fingerprint density at radius 2 is 1.97 bits per heavy atom. The molecule has 6 nitrogen and oxygen atoms in total. The number of halogens is 2. The molecule has 0 aliphatic carbocycles. The molecule has 0 spiro atoms. The lowest BCUT2D eigenvalue weighted by Crippen LogP contribution is -2.22. The van der Waals surface area contributed by atoms with Crippen LogP contribution >= 0.6 is 15.9 Å². The average Bonchev–Trinajstić information content (AvgIpc) is 2.89. The fraction of sp³-hybridized carbons (Fsp3) is 0.207. The standard InChI is InChI=1S/C29H27BrFN3O3/c1-4-8-20-14-19(15-26(36-3)28(20)37-18-21-10-6-7-11-24(21)31)17-32-34-27(9-5-2)33-25-13-12-22(30)16-23(25)29(34)35/h4,6-7,10-17H,1,5,8-9,18H2,2-3H3. The number of ether oxygens (including phenoxy) is 2. The number of methoxy groups -OCH3 is 1. The fourth-order valence-electron chi connectivity index (χ4n) is 3.97. The second kappa shape index (κ2) is 12.0. The van der Waals surface area contributed by atoms with Crippen LogP contribution in [-0.2, 0) is 19.4 Å². The van der Waals surface area contributed by atoms with Crippen molar-refractivity contribution in [3.05, 3.63) is 110 Å². The van der Waals surface area contributed by atoms with E-state index in [-0.39, 0.29) is 18.0 Å². The van der Waals surface area contributed by atoms with Gasteiger partial charge in [-0.25, -0.2) is 9.37 Å². The second-order valence-electron chi connectivity index (χ2n) is 8.39. The van der Waals surface area contributed by atoms with Gasteiger partial charge in [-0.05, 0) is 54.8 Å². The Morgan fingerprint density at radius 3 is 2.70 bits per heavy atom. The highest BCUT2D eigenvalue weighted by molar-refractivity contribution is 9.10. The molecule has 1 aromatic heterocycles. The summed E-state index contributed by atoms with van der Waals surface area (Å²) >= 11 is 3.42. The van der Waals surface area contributed by atoms with E-state index in [0.29, 0.717) is 52.2 Å². The molecule has 0 atom stereocenters. The smallest absolute Gasteiger partial charge is 0.282 e. The van der Waals surface area contributed by atoms with E-state index in [0.717, 1.165) is 16.5 Å². The van der Waals surface area contributed by atoms with E-state index in [4.69, 9.17) is 9.47 Å². The number of aromatic nitrogens is 2.